The van der Waals surface area contributed by atoms with Crippen molar-refractivity contribution in [3.63, 3.8) is 0 Å². The Morgan fingerprint density at radius 3 is 2.57 bits per heavy atom. The second-order valence-electron chi connectivity index (χ2n) is 4.77. The Hall–Kier alpha value is -1.30. The topological polar surface area (TPSA) is 51.9 Å². The van der Waals surface area contributed by atoms with E-state index in [0.29, 0.717) is 20.6 Å². The Balaban J connectivity index is 2.44. The van der Waals surface area contributed by atoms with Crippen LogP contribution >= 0.6 is 35.0 Å². The first-order chi connectivity index (χ1) is 9.88. The normalized spacial score (nSPS) is 13.0. The van der Waals surface area contributed by atoms with E-state index in [1.807, 2.05) is 37.4 Å². The molecular formula is C14H15Cl2N3OS. The van der Waals surface area contributed by atoms with Gasteiger partial charge in [0.1, 0.15) is 0 Å². The summed E-state index contributed by atoms with van der Waals surface area (Å²) in [4.78, 5) is 14.4. The molecule has 112 valence electrons. The maximum Gasteiger partial charge on any atom is 0.273 e. The summed E-state index contributed by atoms with van der Waals surface area (Å²) >= 11 is 13.6. The molecule has 0 bridgehead atoms. The summed E-state index contributed by atoms with van der Waals surface area (Å²) in [6, 6.07) is 3.65. The highest BCUT2D eigenvalue weighted by Crippen LogP contribution is 2.32. The number of aromatic nitrogens is 2. The molecule has 2 N–H and O–H groups in total. The summed E-state index contributed by atoms with van der Waals surface area (Å²) < 4.78 is 0. The van der Waals surface area contributed by atoms with Gasteiger partial charge in [0.05, 0.1) is 15.6 Å². The SMILES string of the molecule is Cc1cc(S/C=c2/[nH][nH]c(=O)c2=CN(C)C)c(Cl)cc1Cl. The van der Waals surface area contributed by atoms with Crippen LogP contribution in [-0.2, 0) is 0 Å². The van der Waals surface area contributed by atoms with Gasteiger partial charge in [-0.15, -0.1) is 0 Å². The number of nitrogens with one attached hydrogen (secondary N) is 2. The minimum Gasteiger partial charge on any atom is -0.383 e. The van der Waals surface area contributed by atoms with Crippen molar-refractivity contribution in [1.29, 1.82) is 0 Å². The van der Waals surface area contributed by atoms with E-state index in [2.05, 4.69) is 10.2 Å². The lowest BCUT2D eigenvalue weighted by atomic mass is 10.2. The Labute approximate surface area is 136 Å². The van der Waals surface area contributed by atoms with E-state index in [-0.39, 0.29) is 5.56 Å². The van der Waals surface area contributed by atoms with Gasteiger partial charge >= 0.3 is 0 Å². The number of aromatic amines is 2. The highest BCUT2D eigenvalue weighted by molar-refractivity contribution is 8.06. The second kappa shape index (κ2) is 6.64. The molecule has 0 saturated carbocycles. The van der Waals surface area contributed by atoms with Crippen molar-refractivity contribution in [2.45, 2.75) is 11.8 Å². The third-order valence-corrected chi connectivity index (χ3v) is 4.53. The molecule has 0 fully saturated rings. The van der Waals surface area contributed by atoms with Crippen molar-refractivity contribution in [2.75, 3.05) is 14.1 Å². The Morgan fingerprint density at radius 2 is 1.90 bits per heavy atom. The van der Waals surface area contributed by atoms with Crippen molar-refractivity contribution < 1.29 is 0 Å². The van der Waals surface area contributed by atoms with Crippen molar-refractivity contribution in [3.05, 3.63) is 48.7 Å². The predicted molar refractivity (Wildman–Crippen MR) is 90.3 cm³/mol. The lowest BCUT2D eigenvalue weighted by Crippen LogP contribution is -2.35. The van der Waals surface area contributed by atoms with E-state index in [4.69, 9.17) is 23.2 Å². The van der Waals surface area contributed by atoms with Crippen LogP contribution in [0.2, 0.25) is 10.0 Å². The van der Waals surface area contributed by atoms with Gasteiger partial charge in [-0.2, -0.15) is 0 Å². The van der Waals surface area contributed by atoms with Crippen LogP contribution in [-0.4, -0.2) is 29.2 Å². The second-order valence-corrected chi connectivity index (χ2v) is 6.49. The fourth-order valence-corrected chi connectivity index (χ4v) is 3.07. The molecule has 0 amide bonds. The van der Waals surface area contributed by atoms with Gasteiger partial charge in [-0.3, -0.25) is 15.0 Å². The van der Waals surface area contributed by atoms with Gasteiger partial charge < -0.3 is 4.90 Å². The average molecular weight is 344 g/mol. The third-order valence-electron chi connectivity index (χ3n) is 2.75. The van der Waals surface area contributed by atoms with Crippen LogP contribution < -0.4 is 16.1 Å². The summed E-state index contributed by atoms with van der Waals surface area (Å²) in [5, 5.41) is 9.79. The molecule has 0 atom stereocenters. The number of H-pyrrole nitrogens is 2. The molecular weight excluding hydrogens is 329 g/mol. The fraction of sp³-hybridized carbons (Fsp3) is 0.214. The maximum atomic E-state index is 11.7. The van der Waals surface area contributed by atoms with Gasteiger partial charge in [0, 0.05) is 35.6 Å². The first-order valence-corrected chi connectivity index (χ1v) is 7.79. The van der Waals surface area contributed by atoms with Gasteiger partial charge in [-0.25, -0.2) is 0 Å². The third kappa shape index (κ3) is 3.87. The zero-order valence-corrected chi connectivity index (χ0v) is 14.2. The van der Waals surface area contributed by atoms with Crippen molar-refractivity contribution in [2.24, 2.45) is 0 Å². The molecule has 0 unspecified atom stereocenters. The maximum absolute atomic E-state index is 11.7. The highest BCUT2D eigenvalue weighted by Gasteiger charge is 2.04. The standard InChI is InChI=1S/C14H15Cl2N3OS/c1-8-4-13(11(16)5-10(8)15)21-7-12-9(6-19(2)3)14(20)18-17-12/h4-7,17H,1-3H3,(H,18,20)/b9-6?,12-7+. The number of nitrogens with zero attached hydrogens (tertiary/aromatic N) is 1. The molecule has 7 heteroatoms. The number of thioether (sulfide) groups is 1. The fourth-order valence-electron chi connectivity index (χ4n) is 1.70. The highest BCUT2D eigenvalue weighted by atomic mass is 35.5. The van der Waals surface area contributed by atoms with E-state index >= 15 is 0 Å². The van der Waals surface area contributed by atoms with E-state index in [1.54, 1.807) is 12.3 Å². The van der Waals surface area contributed by atoms with Crippen LogP contribution in [0.5, 0.6) is 0 Å². The molecule has 1 aromatic carbocycles. The van der Waals surface area contributed by atoms with Gasteiger partial charge in [-0.1, -0.05) is 35.0 Å². The van der Waals surface area contributed by atoms with Gasteiger partial charge in [-0.05, 0) is 24.6 Å². The van der Waals surface area contributed by atoms with E-state index < -0.39 is 0 Å². The smallest absolute Gasteiger partial charge is 0.273 e. The number of aryl methyl sites for hydroxylation is 1. The number of hydrogen-bond acceptors (Lipinski definition) is 3. The van der Waals surface area contributed by atoms with E-state index in [0.717, 1.165) is 10.5 Å². The summed E-state index contributed by atoms with van der Waals surface area (Å²) in [5.74, 6) is 0. The van der Waals surface area contributed by atoms with Crippen molar-refractivity contribution in [3.8, 4) is 0 Å². The van der Waals surface area contributed by atoms with Crippen LogP contribution in [0.1, 0.15) is 5.56 Å². The molecule has 0 spiro atoms. The summed E-state index contributed by atoms with van der Waals surface area (Å²) in [6.07, 6.45) is 1.76. The molecule has 0 radical (unpaired) electrons. The van der Waals surface area contributed by atoms with E-state index in [9.17, 15) is 4.79 Å². The monoisotopic (exact) mass is 343 g/mol. The molecule has 0 aliphatic rings. The number of benzene rings is 1. The molecule has 4 nitrogen and oxygen atoms in total. The molecule has 0 aliphatic heterocycles. The molecule has 21 heavy (non-hydrogen) atoms. The van der Waals surface area contributed by atoms with Gasteiger partial charge in [0.25, 0.3) is 5.56 Å². The summed E-state index contributed by atoms with van der Waals surface area (Å²) in [5.41, 5.74) is 0.800. The Kier molecular flexibility index (Phi) is 5.08. The van der Waals surface area contributed by atoms with Crippen LogP contribution in [0.3, 0.4) is 0 Å². The van der Waals surface area contributed by atoms with Gasteiger partial charge in [0.15, 0.2) is 0 Å². The van der Waals surface area contributed by atoms with Crippen LogP contribution in [0, 0.1) is 6.92 Å². The van der Waals surface area contributed by atoms with Crippen LogP contribution in [0.4, 0.5) is 0 Å². The van der Waals surface area contributed by atoms with Crippen molar-refractivity contribution >= 4 is 46.6 Å². The Morgan fingerprint density at radius 1 is 1.19 bits per heavy atom. The molecule has 1 heterocycles. The van der Waals surface area contributed by atoms with Crippen molar-refractivity contribution in [1.82, 2.24) is 15.1 Å². The zero-order valence-electron chi connectivity index (χ0n) is 11.8. The number of halogens is 2. The van der Waals surface area contributed by atoms with E-state index in [1.165, 1.54) is 11.8 Å². The van der Waals surface area contributed by atoms with Crippen LogP contribution in [0.15, 0.2) is 21.8 Å². The Bertz CT molecular complexity index is 824. The first kappa shape index (κ1) is 16.1. The minimum atomic E-state index is -0.158. The number of hydrogen-bond donors (Lipinski definition) is 2. The number of rotatable bonds is 3. The lowest BCUT2D eigenvalue weighted by molar-refractivity contribution is 0.613. The summed E-state index contributed by atoms with van der Waals surface area (Å²) in [7, 11) is 3.73. The van der Waals surface area contributed by atoms with Gasteiger partial charge in [0.2, 0.25) is 0 Å². The molecule has 2 rings (SSSR count). The molecule has 1 aromatic heterocycles. The molecule has 0 saturated heterocycles. The molecule has 2 aromatic rings. The average Bonchev–Trinajstić information content (AvgIpc) is 2.73. The quantitative estimate of drug-likeness (QED) is 0.839. The van der Waals surface area contributed by atoms with Crippen LogP contribution in [0.25, 0.3) is 11.6 Å². The minimum absolute atomic E-state index is 0.158. The largest absolute Gasteiger partial charge is 0.383 e. The zero-order chi connectivity index (χ0) is 15.6. The summed E-state index contributed by atoms with van der Waals surface area (Å²) in [6.45, 7) is 1.92. The lowest BCUT2D eigenvalue weighted by Gasteiger charge is -2.04. The molecule has 0 aliphatic carbocycles. The first-order valence-electron chi connectivity index (χ1n) is 6.16. The predicted octanol–water partition coefficient (Wildman–Crippen LogP) is 2.15.